The lowest BCUT2D eigenvalue weighted by molar-refractivity contribution is -0.165. The second-order valence-electron chi connectivity index (χ2n) is 20.3. The molecule has 1 fully saturated rings. The number of carbonyl (C=O) groups excluding carboxylic acids is 2. The molecule has 0 radical (unpaired) electrons. The van der Waals surface area contributed by atoms with Crippen LogP contribution in [0.2, 0.25) is 0 Å². The maximum Gasteiger partial charge on any atom is 0.437 e. The molecule has 22 heteroatoms. The molecule has 1 saturated heterocycles. The highest BCUT2D eigenvalue weighted by atomic mass is 19.4. The molecule has 0 aliphatic carbocycles. The molecule has 1 aliphatic rings. The van der Waals surface area contributed by atoms with Crippen LogP contribution in [0.25, 0.3) is 21.9 Å². The summed E-state index contributed by atoms with van der Waals surface area (Å²) in [4.78, 5) is 49.3. The van der Waals surface area contributed by atoms with Gasteiger partial charge < -0.3 is 42.7 Å². The van der Waals surface area contributed by atoms with E-state index in [-0.39, 0.29) is 52.6 Å². The third kappa shape index (κ3) is 15.4. The molecule has 0 saturated carbocycles. The van der Waals surface area contributed by atoms with E-state index in [1.54, 1.807) is 71.9 Å². The fourth-order valence-electron chi connectivity index (χ4n) is 9.93. The van der Waals surface area contributed by atoms with Gasteiger partial charge >= 0.3 is 24.3 Å². The lowest BCUT2D eigenvalue weighted by Crippen LogP contribution is -2.39. The molecular weight excluding hydrogens is 1120 g/mol. The normalized spacial score (nSPS) is 13.7. The zero-order valence-electron chi connectivity index (χ0n) is 47.6. The van der Waals surface area contributed by atoms with Gasteiger partial charge in [0.1, 0.15) is 36.2 Å². The van der Waals surface area contributed by atoms with E-state index in [9.17, 15) is 45.8 Å². The third-order valence-corrected chi connectivity index (χ3v) is 13.9. The van der Waals surface area contributed by atoms with E-state index >= 15 is 0 Å². The van der Waals surface area contributed by atoms with Gasteiger partial charge in [-0.2, -0.15) is 26.3 Å². The molecule has 450 valence electrons. The van der Waals surface area contributed by atoms with E-state index in [4.69, 9.17) is 32.7 Å². The van der Waals surface area contributed by atoms with Gasteiger partial charge in [0.2, 0.25) is 12.2 Å². The summed E-state index contributed by atoms with van der Waals surface area (Å²) in [5, 5.41) is 16.4. The smallest absolute Gasteiger partial charge is 0.437 e. The minimum Gasteiger partial charge on any atom is -0.487 e. The number of likely N-dealkylation sites (tertiary alicyclic amines) is 1. The monoisotopic (exact) mass is 1180 g/mol. The molecule has 85 heavy (non-hydrogen) atoms. The molecule has 4 aromatic carbocycles. The molecular formula is C63H65F6N5O11. The number of pyridine rings is 2. The number of hydrogen-bond donors (Lipinski definition) is 1. The van der Waals surface area contributed by atoms with Crippen molar-refractivity contribution in [3.63, 3.8) is 0 Å². The minimum absolute atomic E-state index is 0.0444. The number of carboxylic acids is 1. The first-order valence-corrected chi connectivity index (χ1v) is 28.2. The number of aryl methyl sites for hydroxylation is 4. The van der Waals surface area contributed by atoms with Crippen molar-refractivity contribution < 1.29 is 78.6 Å². The molecule has 5 heterocycles. The third-order valence-electron chi connectivity index (χ3n) is 13.9. The predicted molar refractivity (Wildman–Crippen MR) is 300 cm³/mol. The first-order valence-electron chi connectivity index (χ1n) is 28.2. The van der Waals surface area contributed by atoms with Gasteiger partial charge in [0, 0.05) is 47.7 Å². The summed E-state index contributed by atoms with van der Waals surface area (Å²) < 4.78 is 123. The van der Waals surface area contributed by atoms with Gasteiger partial charge in [0.25, 0.3) is 5.91 Å². The van der Waals surface area contributed by atoms with Crippen LogP contribution in [-0.2, 0) is 70.4 Å². The maximum atomic E-state index is 13.9. The lowest BCUT2D eigenvalue weighted by atomic mass is 9.97. The average molecular weight is 1180 g/mol. The Bertz CT molecular complexity index is 3520. The molecule has 2 unspecified atom stereocenters. The summed E-state index contributed by atoms with van der Waals surface area (Å²) in [6.45, 7) is 10.7. The zero-order chi connectivity index (χ0) is 60.8. The van der Waals surface area contributed by atoms with Crippen molar-refractivity contribution in [1.29, 1.82) is 0 Å². The standard InChI is InChI=1S/C35H38F3N3O6.C28H27F3N2O5/c1-4-10-24-20-28-31(47-40-32(28)35(36,37)38)27(11-5-2)29(24)46-30(34(43)45-22(3)33(42)41-18-8-9-19-41)23-13-15-26(16-14-23)44-21-25-12-6-7-17-39-25;1-3-7-18-15-22-25(38-33-26(22)28(29,30)31)21(8-4-2)23(18)37-24(27(34)35)17-10-12-20(13-11-17)36-16-19-9-5-6-14-32-19/h6-7,12-17,20,22,30H,4-5,8-11,18-19,21H2,1-3H3;5-6,9-15,24H,3-4,7-8,16H2,1-2H3,(H,34,35)/t22-,30?;/m1./s1. The topological polar surface area (TPSA) is 199 Å². The summed E-state index contributed by atoms with van der Waals surface area (Å²) >= 11 is 0. The number of amides is 1. The second-order valence-corrected chi connectivity index (χ2v) is 20.3. The number of hydrogen-bond acceptors (Lipinski definition) is 14. The number of halogens is 6. The van der Waals surface area contributed by atoms with Crippen molar-refractivity contribution in [3.8, 4) is 23.0 Å². The molecule has 4 aromatic heterocycles. The molecule has 1 amide bonds. The number of aliphatic carboxylic acids is 1. The molecule has 0 bridgehead atoms. The number of esters is 1. The Balaban J connectivity index is 0.000000226. The largest absolute Gasteiger partial charge is 0.487 e. The van der Waals surface area contributed by atoms with Crippen LogP contribution in [0.4, 0.5) is 26.3 Å². The highest BCUT2D eigenvalue weighted by Gasteiger charge is 2.41. The summed E-state index contributed by atoms with van der Waals surface area (Å²) in [6.07, 6.45) is -4.42. The van der Waals surface area contributed by atoms with Crippen molar-refractivity contribution in [2.45, 2.75) is 143 Å². The molecule has 0 spiro atoms. The van der Waals surface area contributed by atoms with Gasteiger partial charge in [-0.25, -0.2) is 9.59 Å². The summed E-state index contributed by atoms with van der Waals surface area (Å²) in [7, 11) is 0. The summed E-state index contributed by atoms with van der Waals surface area (Å²) in [5.41, 5.74) is 1.63. The Morgan fingerprint density at radius 2 is 1.02 bits per heavy atom. The number of aromatic nitrogens is 4. The first-order chi connectivity index (χ1) is 40.8. The Morgan fingerprint density at radius 3 is 1.41 bits per heavy atom. The quantitative estimate of drug-likeness (QED) is 0.0442. The fourth-order valence-corrected chi connectivity index (χ4v) is 9.93. The van der Waals surface area contributed by atoms with Gasteiger partial charge in [0.15, 0.2) is 28.7 Å². The van der Waals surface area contributed by atoms with E-state index in [2.05, 4.69) is 20.3 Å². The molecule has 8 aromatic rings. The van der Waals surface area contributed by atoms with E-state index in [0.29, 0.717) is 109 Å². The first kappa shape index (κ1) is 62.4. The zero-order valence-corrected chi connectivity index (χ0v) is 47.6. The van der Waals surface area contributed by atoms with E-state index in [1.807, 2.05) is 58.0 Å². The Kier molecular flexibility index (Phi) is 20.7. The van der Waals surface area contributed by atoms with Crippen LogP contribution in [0.3, 0.4) is 0 Å². The number of alkyl halides is 6. The van der Waals surface area contributed by atoms with E-state index in [1.165, 1.54) is 19.1 Å². The van der Waals surface area contributed by atoms with Gasteiger partial charge in [0.05, 0.1) is 22.2 Å². The van der Waals surface area contributed by atoms with Crippen molar-refractivity contribution in [1.82, 2.24) is 25.2 Å². The van der Waals surface area contributed by atoms with Crippen LogP contribution in [-0.4, -0.2) is 67.3 Å². The maximum absolute atomic E-state index is 13.9. The molecule has 16 nitrogen and oxygen atoms in total. The van der Waals surface area contributed by atoms with Crippen LogP contribution in [0.15, 0.2) is 119 Å². The SMILES string of the molecule is CCCc1cc2c(C(F)(F)F)noc2c(CCC)c1OC(C(=O)O)c1ccc(OCc2ccccn2)cc1.CCCc1cc2c(C(F)(F)F)noc2c(CCC)c1OC(C(=O)O[C@H](C)C(=O)N1CCCC1)c1ccc(OCc2ccccn2)cc1. The predicted octanol–water partition coefficient (Wildman–Crippen LogP) is 14.3. The highest BCUT2D eigenvalue weighted by Crippen LogP contribution is 2.44. The highest BCUT2D eigenvalue weighted by molar-refractivity contribution is 5.89. The van der Waals surface area contributed by atoms with Gasteiger partial charge in [-0.3, -0.25) is 14.8 Å². The van der Waals surface area contributed by atoms with Crippen molar-refractivity contribution in [2.75, 3.05) is 13.1 Å². The molecule has 1 aliphatic heterocycles. The van der Waals surface area contributed by atoms with Crippen LogP contribution in [0.5, 0.6) is 23.0 Å². The lowest BCUT2D eigenvalue weighted by Gasteiger charge is -2.25. The van der Waals surface area contributed by atoms with Crippen LogP contribution in [0.1, 0.15) is 142 Å². The van der Waals surface area contributed by atoms with Crippen LogP contribution < -0.4 is 18.9 Å². The van der Waals surface area contributed by atoms with E-state index in [0.717, 1.165) is 24.2 Å². The number of carboxylic acid groups (broad SMARTS) is 1. The molecule has 1 N–H and O–H groups in total. The van der Waals surface area contributed by atoms with Crippen LogP contribution >= 0.6 is 0 Å². The number of nitrogens with zero attached hydrogens (tertiary/aromatic N) is 5. The Morgan fingerprint density at radius 1 is 0.600 bits per heavy atom. The average Bonchev–Trinajstić information content (AvgIpc) is 2.12. The van der Waals surface area contributed by atoms with Crippen LogP contribution in [0, 0.1) is 0 Å². The number of carbonyl (C=O) groups is 3. The van der Waals surface area contributed by atoms with Crippen molar-refractivity contribution in [2.24, 2.45) is 0 Å². The van der Waals surface area contributed by atoms with Crippen molar-refractivity contribution in [3.05, 3.63) is 166 Å². The van der Waals surface area contributed by atoms with Gasteiger partial charge in [-0.1, -0.05) is 100 Å². The fraction of sp³-hybridized carbons (Fsp3) is 0.381. The molecule has 9 rings (SSSR count). The van der Waals surface area contributed by atoms with Gasteiger partial charge in [-0.15, -0.1) is 0 Å². The van der Waals surface area contributed by atoms with E-state index < -0.39 is 54.0 Å². The number of fused-ring (bicyclic) bond motifs is 2. The second kappa shape index (κ2) is 28.3. The Hall–Kier alpha value is -8.69. The Labute approximate surface area is 486 Å². The summed E-state index contributed by atoms with van der Waals surface area (Å²) in [5.74, 6) is -0.865. The van der Waals surface area contributed by atoms with Crippen molar-refractivity contribution >= 4 is 39.8 Å². The number of ether oxygens (including phenoxy) is 5. The molecule has 3 atom stereocenters. The number of benzene rings is 4. The number of rotatable bonds is 24. The minimum atomic E-state index is -4.72. The van der Waals surface area contributed by atoms with Gasteiger partial charge in [-0.05, 0) is 117 Å². The summed E-state index contributed by atoms with van der Waals surface area (Å²) in [6, 6.07) is 26.8.